The molecule has 0 amide bonds. The fourth-order valence-corrected chi connectivity index (χ4v) is 2.36. The Hall–Kier alpha value is -1.55. The van der Waals surface area contributed by atoms with Crippen LogP contribution < -0.4 is 0 Å². The van der Waals surface area contributed by atoms with Crippen LogP contribution in [0.15, 0.2) is 24.3 Å². The highest BCUT2D eigenvalue weighted by atomic mass is 16.4. The lowest BCUT2D eigenvalue weighted by Crippen LogP contribution is -2.36. The number of aromatic hydroxyl groups is 1. The lowest BCUT2D eigenvalue weighted by Gasteiger charge is -2.30. The zero-order chi connectivity index (χ0) is 12.3. The molecular weight excluding hydrogens is 218 g/mol. The van der Waals surface area contributed by atoms with Crippen LogP contribution in [-0.2, 0) is 4.79 Å². The van der Waals surface area contributed by atoms with Crippen LogP contribution in [0, 0.1) is 0 Å². The maximum absolute atomic E-state index is 10.6. The van der Waals surface area contributed by atoms with Crippen LogP contribution in [-0.4, -0.2) is 40.7 Å². The zero-order valence-electron chi connectivity index (χ0n) is 9.67. The Morgan fingerprint density at radius 2 is 1.82 bits per heavy atom. The van der Waals surface area contributed by atoms with E-state index in [1.165, 1.54) is 5.56 Å². The van der Waals surface area contributed by atoms with Gasteiger partial charge in [-0.05, 0) is 49.5 Å². The summed E-state index contributed by atoms with van der Waals surface area (Å²) in [6.07, 6.45) is 1.97. The Morgan fingerprint density at radius 3 is 2.35 bits per heavy atom. The predicted octanol–water partition coefficient (Wildman–Crippen LogP) is 1.66. The predicted molar refractivity (Wildman–Crippen MR) is 64.2 cm³/mol. The SMILES string of the molecule is O=C(O)CN1CCC(c2ccc(O)cc2)CC1. The van der Waals surface area contributed by atoms with E-state index < -0.39 is 5.97 Å². The summed E-state index contributed by atoms with van der Waals surface area (Å²) in [5.74, 6) is 0.0193. The zero-order valence-corrected chi connectivity index (χ0v) is 9.67. The van der Waals surface area contributed by atoms with Gasteiger partial charge in [0.15, 0.2) is 0 Å². The molecule has 0 aromatic heterocycles. The van der Waals surface area contributed by atoms with E-state index in [0.717, 1.165) is 25.9 Å². The standard InChI is InChI=1S/C13H17NO3/c15-12-3-1-10(2-4-12)11-5-7-14(8-6-11)9-13(16)17/h1-4,11,15H,5-9H2,(H,16,17). The van der Waals surface area contributed by atoms with Crippen molar-refractivity contribution in [2.24, 2.45) is 0 Å². The Labute approximate surface area is 100 Å². The first-order valence-electron chi connectivity index (χ1n) is 5.88. The molecule has 92 valence electrons. The number of benzene rings is 1. The minimum Gasteiger partial charge on any atom is -0.508 e. The van der Waals surface area contributed by atoms with Gasteiger partial charge in [0.1, 0.15) is 5.75 Å². The maximum Gasteiger partial charge on any atom is 0.317 e. The second kappa shape index (κ2) is 5.19. The van der Waals surface area contributed by atoms with Crippen LogP contribution in [0.25, 0.3) is 0 Å². The number of phenols is 1. The van der Waals surface area contributed by atoms with Crippen LogP contribution in [0.1, 0.15) is 24.3 Å². The third-order valence-electron chi connectivity index (χ3n) is 3.31. The number of nitrogens with zero attached hydrogens (tertiary/aromatic N) is 1. The number of likely N-dealkylation sites (tertiary alicyclic amines) is 1. The van der Waals surface area contributed by atoms with Gasteiger partial charge in [-0.1, -0.05) is 12.1 Å². The van der Waals surface area contributed by atoms with Gasteiger partial charge in [0.05, 0.1) is 6.54 Å². The highest BCUT2D eigenvalue weighted by molar-refractivity contribution is 5.69. The molecule has 0 spiro atoms. The summed E-state index contributed by atoms with van der Waals surface area (Å²) >= 11 is 0. The molecule has 0 atom stereocenters. The Morgan fingerprint density at radius 1 is 1.24 bits per heavy atom. The van der Waals surface area contributed by atoms with Crippen molar-refractivity contribution in [3.63, 3.8) is 0 Å². The van der Waals surface area contributed by atoms with Gasteiger partial charge >= 0.3 is 5.97 Å². The van der Waals surface area contributed by atoms with Gasteiger partial charge in [0.2, 0.25) is 0 Å². The molecule has 0 unspecified atom stereocenters. The summed E-state index contributed by atoms with van der Waals surface area (Å²) in [6, 6.07) is 7.32. The van der Waals surface area contributed by atoms with Gasteiger partial charge < -0.3 is 10.2 Å². The third-order valence-corrected chi connectivity index (χ3v) is 3.31. The number of phenolic OH excluding ortho intramolecular Hbond substituents is 1. The average molecular weight is 235 g/mol. The second-order valence-electron chi connectivity index (χ2n) is 4.54. The van der Waals surface area contributed by atoms with Crippen molar-refractivity contribution in [2.45, 2.75) is 18.8 Å². The third kappa shape index (κ3) is 3.20. The first-order chi connectivity index (χ1) is 8.15. The summed E-state index contributed by atoms with van der Waals surface area (Å²) in [7, 11) is 0. The summed E-state index contributed by atoms with van der Waals surface area (Å²) in [5.41, 5.74) is 1.23. The number of carbonyl (C=O) groups is 1. The van der Waals surface area contributed by atoms with Crippen molar-refractivity contribution in [1.82, 2.24) is 4.90 Å². The molecule has 1 saturated heterocycles. The van der Waals surface area contributed by atoms with Gasteiger partial charge in [-0.25, -0.2) is 0 Å². The van der Waals surface area contributed by atoms with E-state index in [1.54, 1.807) is 12.1 Å². The molecule has 1 aliphatic rings. The van der Waals surface area contributed by atoms with Crippen molar-refractivity contribution >= 4 is 5.97 Å². The lowest BCUT2D eigenvalue weighted by molar-refractivity contribution is -0.138. The fraction of sp³-hybridized carbons (Fsp3) is 0.462. The van der Waals surface area contributed by atoms with Crippen molar-refractivity contribution in [2.75, 3.05) is 19.6 Å². The molecule has 1 fully saturated rings. The minimum absolute atomic E-state index is 0.141. The second-order valence-corrected chi connectivity index (χ2v) is 4.54. The van der Waals surface area contributed by atoms with Gasteiger partial charge in [0.25, 0.3) is 0 Å². The normalized spacial score (nSPS) is 18.1. The molecule has 1 aromatic carbocycles. The van der Waals surface area contributed by atoms with Crippen LogP contribution in [0.2, 0.25) is 0 Å². The number of rotatable bonds is 3. The van der Waals surface area contributed by atoms with Gasteiger partial charge in [0, 0.05) is 0 Å². The fourth-order valence-electron chi connectivity index (χ4n) is 2.36. The molecule has 1 heterocycles. The Bertz CT molecular complexity index is 380. The number of carboxylic acid groups (broad SMARTS) is 1. The molecule has 1 aromatic rings. The van der Waals surface area contributed by atoms with Gasteiger partial charge in [-0.15, -0.1) is 0 Å². The Balaban J connectivity index is 1.90. The summed E-state index contributed by atoms with van der Waals surface area (Å²) in [5, 5.41) is 17.9. The number of aliphatic carboxylic acids is 1. The highest BCUT2D eigenvalue weighted by Crippen LogP contribution is 2.28. The van der Waals surface area contributed by atoms with Crippen molar-refractivity contribution in [1.29, 1.82) is 0 Å². The van der Waals surface area contributed by atoms with E-state index >= 15 is 0 Å². The van der Waals surface area contributed by atoms with Crippen molar-refractivity contribution in [3.8, 4) is 5.75 Å². The van der Waals surface area contributed by atoms with E-state index in [0.29, 0.717) is 5.92 Å². The average Bonchev–Trinajstić information content (AvgIpc) is 2.30. The molecule has 2 rings (SSSR count). The molecule has 0 bridgehead atoms. The molecule has 1 aliphatic heterocycles. The largest absolute Gasteiger partial charge is 0.508 e. The molecule has 4 nitrogen and oxygen atoms in total. The monoisotopic (exact) mass is 235 g/mol. The van der Waals surface area contributed by atoms with E-state index in [2.05, 4.69) is 0 Å². The van der Waals surface area contributed by atoms with Crippen molar-refractivity contribution < 1.29 is 15.0 Å². The van der Waals surface area contributed by atoms with E-state index in [9.17, 15) is 9.90 Å². The molecule has 2 N–H and O–H groups in total. The van der Waals surface area contributed by atoms with E-state index in [4.69, 9.17) is 5.11 Å². The highest BCUT2D eigenvalue weighted by Gasteiger charge is 2.21. The van der Waals surface area contributed by atoms with Crippen LogP contribution in [0.5, 0.6) is 5.75 Å². The quantitative estimate of drug-likeness (QED) is 0.836. The van der Waals surface area contributed by atoms with Crippen LogP contribution >= 0.6 is 0 Å². The molecular formula is C13H17NO3. The molecule has 0 radical (unpaired) electrons. The van der Waals surface area contributed by atoms with E-state index in [-0.39, 0.29) is 12.3 Å². The lowest BCUT2D eigenvalue weighted by atomic mass is 9.89. The smallest absolute Gasteiger partial charge is 0.317 e. The topological polar surface area (TPSA) is 60.8 Å². The number of piperidine rings is 1. The molecule has 0 aliphatic carbocycles. The minimum atomic E-state index is -0.756. The Kier molecular flexibility index (Phi) is 3.64. The summed E-state index contributed by atoms with van der Waals surface area (Å²) in [4.78, 5) is 12.6. The molecule has 17 heavy (non-hydrogen) atoms. The number of hydrogen-bond acceptors (Lipinski definition) is 3. The molecule has 4 heteroatoms. The maximum atomic E-state index is 10.6. The van der Waals surface area contributed by atoms with Crippen LogP contribution in [0.4, 0.5) is 0 Å². The van der Waals surface area contributed by atoms with E-state index in [1.807, 2.05) is 17.0 Å². The molecule has 0 saturated carbocycles. The first-order valence-corrected chi connectivity index (χ1v) is 5.88. The summed E-state index contributed by atoms with van der Waals surface area (Å²) in [6.45, 7) is 1.80. The number of carboxylic acids is 1. The first kappa shape index (κ1) is 11.9. The summed E-state index contributed by atoms with van der Waals surface area (Å²) < 4.78 is 0. The van der Waals surface area contributed by atoms with Crippen molar-refractivity contribution in [3.05, 3.63) is 29.8 Å². The van der Waals surface area contributed by atoms with Crippen LogP contribution in [0.3, 0.4) is 0 Å². The van der Waals surface area contributed by atoms with Gasteiger partial charge in [-0.3, -0.25) is 9.69 Å². The van der Waals surface area contributed by atoms with Gasteiger partial charge in [-0.2, -0.15) is 0 Å². The number of hydrogen-bond donors (Lipinski definition) is 2.